The highest BCUT2D eigenvalue weighted by molar-refractivity contribution is 4.82. The Hall–Kier alpha value is -0.0800. The predicted molar refractivity (Wildman–Crippen MR) is 90.3 cm³/mol. The highest BCUT2D eigenvalue weighted by Crippen LogP contribution is 2.18. The largest absolute Gasteiger partial charge is 0.314 e. The minimum atomic E-state index is 0.771. The zero-order valence-electron chi connectivity index (χ0n) is 14.5. The first-order valence-electron chi connectivity index (χ1n) is 9.11. The smallest absolute Gasteiger partial charge is 0.00940 e. The van der Waals surface area contributed by atoms with Gasteiger partial charge in [0.25, 0.3) is 0 Å². The molecule has 0 saturated carbocycles. The molecule has 0 aromatic carbocycles. The van der Waals surface area contributed by atoms with E-state index in [0.29, 0.717) is 0 Å². The SMILES string of the molecule is CCCNC1CCN(CCCCCCC(C)C)C(C)C1. The highest BCUT2D eigenvalue weighted by atomic mass is 15.2. The fourth-order valence-electron chi connectivity index (χ4n) is 3.31. The normalized spacial score (nSPS) is 24.4. The zero-order chi connectivity index (χ0) is 14.8. The Morgan fingerprint density at radius 1 is 1.15 bits per heavy atom. The van der Waals surface area contributed by atoms with E-state index in [-0.39, 0.29) is 0 Å². The molecule has 0 bridgehead atoms. The van der Waals surface area contributed by atoms with Gasteiger partial charge in [-0.25, -0.2) is 0 Å². The van der Waals surface area contributed by atoms with E-state index in [2.05, 4.69) is 37.9 Å². The molecule has 2 heteroatoms. The molecular weight excluding hydrogens is 244 g/mol. The minimum Gasteiger partial charge on any atom is -0.314 e. The lowest BCUT2D eigenvalue weighted by Gasteiger charge is -2.38. The molecule has 0 amide bonds. The van der Waals surface area contributed by atoms with Crippen LogP contribution in [-0.2, 0) is 0 Å². The Bertz CT molecular complexity index is 227. The number of hydrogen-bond acceptors (Lipinski definition) is 2. The van der Waals surface area contributed by atoms with Crippen LogP contribution in [0, 0.1) is 5.92 Å². The average molecular weight is 283 g/mol. The third kappa shape index (κ3) is 7.64. The van der Waals surface area contributed by atoms with Gasteiger partial charge >= 0.3 is 0 Å². The van der Waals surface area contributed by atoms with Crippen molar-refractivity contribution in [3.05, 3.63) is 0 Å². The maximum absolute atomic E-state index is 3.69. The van der Waals surface area contributed by atoms with Gasteiger partial charge in [0.2, 0.25) is 0 Å². The van der Waals surface area contributed by atoms with Crippen molar-refractivity contribution in [3.8, 4) is 0 Å². The van der Waals surface area contributed by atoms with Crippen LogP contribution in [0.15, 0.2) is 0 Å². The second kappa shape index (κ2) is 10.6. The van der Waals surface area contributed by atoms with E-state index in [0.717, 1.165) is 18.0 Å². The number of piperidine rings is 1. The number of nitrogens with zero attached hydrogens (tertiary/aromatic N) is 1. The minimum absolute atomic E-state index is 0.771. The molecule has 0 radical (unpaired) electrons. The molecule has 0 spiro atoms. The van der Waals surface area contributed by atoms with Crippen LogP contribution in [0.1, 0.15) is 79.1 Å². The van der Waals surface area contributed by atoms with Crippen molar-refractivity contribution in [2.45, 2.75) is 91.1 Å². The van der Waals surface area contributed by atoms with Crippen LogP contribution >= 0.6 is 0 Å². The van der Waals surface area contributed by atoms with Crippen molar-refractivity contribution in [1.82, 2.24) is 10.2 Å². The van der Waals surface area contributed by atoms with Crippen LogP contribution < -0.4 is 5.32 Å². The average Bonchev–Trinajstić information content (AvgIpc) is 2.41. The molecule has 0 aliphatic carbocycles. The molecule has 20 heavy (non-hydrogen) atoms. The summed E-state index contributed by atoms with van der Waals surface area (Å²) in [5, 5.41) is 3.69. The molecule has 120 valence electrons. The number of nitrogens with one attached hydrogen (secondary N) is 1. The van der Waals surface area contributed by atoms with E-state index in [1.165, 1.54) is 71.0 Å². The lowest BCUT2D eigenvalue weighted by molar-refractivity contribution is 0.133. The van der Waals surface area contributed by atoms with Gasteiger partial charge in [0.1, 0.15) is 0 Å². The number of hydrogen-bond donors (Lipinski definition) is 1. The predicted octanol–water partition coefficient (Wildman–Crippen LogP) is 4.45. The van der Waals surface area contributed by atoms with Crippen molar-refractivity contribution in [2.75, 3.05) is 19.6 Å². The van der Waals surface area contributed by atoms with Gasteiger partial charge in [-0.3, -0.25) is 0 Å². The summed E-state index contributed by atoms with van der Waals surface area (Å²) < 4.78 is 0. The van der Waals surface area contributed by atoms with Crippen LogP contribution in [0.25, 0.3) is 0 Å². The molecule has 1 saturated heterocycles. The maximum atomic E-state index is 3.69. The lowest BCUT2D eigenvalue weighted by Crippen LogP contribution is -2.47. The van der Waals surface area contributed by atoms with E-state index in [1.807, 2.05) is 0 Å². The summed E-state index contributed by atoms with van der Waals surface area (Å²) >= 11 is 0. The Balaban J connectivity index is 2.04. The topological polar surface area (TPSA) is 15.3 Å². The number of likely N-dealkylation sites (tertiary alicyclic amines) is 1. The first-order valence-corrected chi connectivity index (χ1v) is 9.11. The second-order valence-electron chi connectivity index (χ2n) is 7.16. The summed E-state index contributed by atoms with van der Waals surface area (Å²) in [6.45, 7) is 13.1. The van der Waals surface area contributed by atoms with E-state index < -0.39 is 0 Å². The van der Waals surface area contributed by atoms with Gasteiger partial charge in [-0.1, -0.05) is 46.5 Å². The van der Waals surface area contributed by atoms with Gasteiger partial charge in [-0.15, -0.1) is 0 Å². The van der Waals surface area contributed by atoms with E-state index in [9.17, 15) is 0 Å². The maximum Gasteiger partial charge on any atom is 0.00940 e. The molecule has 2 atom stereocenters. The molecule has 2 nitrogen and oxygen atoms in total. The quantitative estimate of drug-likeness (QED) is 0.596. The fourth-order valence-corrected chi connectivity index (χ4v) is 3.31. The third-order valence-corrected chi connectivity index (χ3v) is 4.67. The second-order valence-corrected chi connectivity index (χ2v) is 7.16. The van der Waals surface area contributed by atoms with Crippen molar-refractivity contribution < 1.29 is 0 Å². The Morgan fingerprint density at radius 2 is 1.90 bits per heavy atom. The van der Waals surface area contributed by atoms with Crippen LogP contribution in [0.5, 0.6) is 0 Å². The van der Waals surface area contributed by atoms with Gasteiger partial charge in [0.05, 0.1) is 0 Å². The molecule has 2 unspecified atom stereocenters. The van der Waals surface area contributed by atoms with Crippen LogP contribution in [0.4, 0.5) is 0 Å². The summed E-state index contributed by atoms with van der Waals surface area (Å²) in [6.07, 6.45) is 11.0. The summed E-state index contributed by atoms with van der Waals surface area (Å²) in [5.41, 5.74) is 0. The molecular formula is C18H38N2. The van der Waals surface area contributed by atoms with E-state index in [4.69, 9.17) is 0 Å². The first-order chi connectivity index (χ1) is 9.63. The molecule has 1 heterocycles. The molecule has 0 aromatic heterocycles. The Kier molecular flexibility index (Phi) is 9.54. The van der Waals surface area contributed by atoms with Crippen molar-refractivity contribution in [2.24, 2.45) is 5.92 Å². The first kappa shape index (κ1) is 18.0. The Morgan fingerprint density at radius 3 is 2.55 bits per heavy atom. The highest BCUT2D eigenvalue weighted by Gasteiger charge is 2.24. The van der Waals surface area contributed by atoms with Gasteiger partial charge in [0.15, 0.2) is 0 Å². The van der Waals surface area contributed by atoms with Gasteiger partial charge < -0.3 is 10.2 Å². The lowest BCUT2D eigenvalue weighted by atomic mass is 9.97. The van der Waals surface area contributed by atoms with Gasteiger partial charge in [-0.05, 0) is 58.2 Å². The summed E-state index contributed by atoms with van der Waals surface area (Å²) in [6, 6.07) is 1.54. The zero-order valence-corrected chi connectivity index (χ0v) is 14.5. The standard InChI is InChI=1S/C18H38N2/c1-5-12-19-18-11-14-20(17(4)15-18)13-9-7-6-8-10-16(2)3/h16-19H,5-15H2,1-4H3. The molecule has 1 rings (SSSR count). The van der Waals surface area contributed by atoms with Crippen molar-refractivity contribution in [3.63, 3.8) is 0 Å². The summed E-state index contributed by atoms with van der Waals surface area (Å²) in [7, 11) is 0. The molecule has 1 aliphatic heterocycles. The number of rotatable bonds is 10. The summed E-state index contributed by atoms with van der Waals surface area (Å²) in [5.74, 6) is 0.879. The van der Waals surface area contributed by atoms with Gasteiger partial charge in [0, 0.05) is 12.1 Å². The van der Waals surface area contributed by atoms with Gasteiger partial charge in [-0.2, -0.15) is 0 Å². The number of unbranched alkanes of at least 4 members (excludes halogenated alkanes) is 3. The molecule has 1 aliphatic rings. The van der Waals surface area contributed by atoms with Crippen LogP contribution in [0.3, 0.4) is 0 Å². The third-order valence-electron chi connectivity index (χ3n) is 4.67. The van der Waals surface area contributed by atoms with E-state index >= 15 is 0 Å². The monoisotopic (exact) mass is 282 g/mol. The fraction of sp³-hybridized carbons (Fsp3) is 1.00. The van der Waals surface area contributed by atoms with E-state index in [1.54, 1.807) is 0 Å². The molecule has 0 aromatic rings. The van der Waals surface area contributed by atoms with Crippen LogP contribution in [0.2, 0.25) is 0 Å². The molecule has 1 fully saturated rings. The van der Waals surface area contributed by atoms with Crippen LogP contribution in [-0.4, -0.2) is 36.6 Å². The Labute approximate surface area is 127 Å². The molecule has 1 N–H and O–H groups in total. The van der Waals surface area contributed by atoms with Crippen molar-refractivity contribution in [1.29, 1.82) is 0 Å². The summed E-state index contributed by atoms with van der Waals surface area (Å²) in [4.78, 5) is 2.71. The van der Waals surface area contributed by atoms with Crippen molar-refractivity contribution >= 4 is 0 Å².